The lowest BCUT2D eigenvalue weighted by atomic mass is 10.1. The van der Waals surface area contributed by atoms with Crippen molar-refractivity contribution in [3.63, 3.8) is 0 Å². The van der Waals surface area contributed by atoms with Gasteiger partial charge in [0.25, 0.3) is 6.10 Å². The number of alkyl carbamates (subject to hydrolysis) is 1. The highest BCUT2D eigenvalue weighted by molar-refractivity contribution is 7.90. The SMILES string of the molecule is CCOC1[OH+]C1C(NC(=O)OC(C)(C)C)C(O)CS(C)(=O)=O. The Morgan fingerprint density at radius 1 is 1.41 bits per heavy atom. The molecular weight excluding hydrogens is 314 g/mol. The van der Waals surface area contributed by atoms with E-state index < -0.39 is 51.8 Å². The van der Waals surface area contributed by atoms with E-state index in [-0.39, 0.29) is 0 Å². The molecule has 4 atom stereocenters. The molecule has 1 fully saturated rings. The van der Waals surface area contributed by atoms with Crippen molar-refractivity contribution in [1.29, 1.82) is 0 Å². The maximum atomic E-state index is 11.9. The van der Waals surface area contributed by atoms with Crippen molar-refractivity contribution in [2.45, 2.75) is 57.8 Å². The van der Waals surface area contributed by atoms with Crippen LogP contribution in [0.3, 0.4) is 0 Å². The summed E-state index contributed by atoms with van der Waals surface area (Å²) >= 11 is 0. The first-order valence-electron chi connectivity index (χ1n) is 7.10. The predicted molar refractivity (Wildman–Crippen MR) is 80.3 cm³/mol. The molecule has 8 nitrogen and oxygen atoms in total. The van der Waals surface area contributed by atoms with Crippen molar-refractivity contribution in [1.82, 2.24) is 5.32 Å². The Kier molecular flexibility index (Phi) is 6.19. The van der Waals surface area contributed by atoms with Gasteiger partial charge in [0.2, 0.25) is 0 Å². The summed E-state index contributed by atoms with van der Waals surface area (Å²) in [6, 6.07) is -0.874. The number of aliphatic hydroxyl groups is 3. The zero-order valence-corrected chi connectivity index (χ0v) is 14.4. The van der Waals surface area contributed by atoms with E-state index in [0.29, 0.717) is 6.61 Å². The first kappa shape index (κ1) is 19.1. The summed E-state index contributed by atoms with van der Waals surface area (Å²) in [6.07, 6.45) is -1.93. The Morgan fingerprint density at radius 3 is 2.45 bits per heavy atom. The van der Waals surface area contributed by atoms with E-state index in [4.69, 9.17) is 9.47 Å². The van der Waals surface area contributed by atoms with Crippen LogP contribution in [-0.4, -0.2) is 73.1 Å². The zero-order valence-electron chi connectivity index (χ0n) is 13.6. The molecule has 22 heavy (non-hydrogen) atoms. The van der Waals surface area contributed by atoms with E-state index in [0.717, 1.165) is 6.26 Å². The van der Waals surface area contributed by atoms with E-state index in [1.165, 1.54) is 0 Å². The lowest BCUT2D eigenvalue weighted by Crippen LogP contribution is -2.51. The molecule has 0 aromatic heterocycles. The fourth-order valence-electron chi connectivity index (χ4n) is 1.97. The number of carbonyl (C=O) groups excluding carboxylic acids is 1. The van der Waals surface area contributed by atoms with Crippen molar-refractivity contribution in [3.05, 3.63) is 0 Å². The fourth-order valence-corrected chi connectivity index (χ4v) is 2.80. The molecule has 1 heterocycles. The average Bonchev–Trinajstić information content (AvgIpc) is 3.00. The molecule has 0 aliphatic carbocycles. The van der Waals surface area contributed by atoms with Crippen molar-refractivity contribution in [3.8, 4) is 0 Å². The molecule has 130 valence electrons. The number of nitrogens with one attached hydrogen (secondary N) is 1. The Hall–Kier alpha value is -0.900. The maximum absolute atomic E-state index is 11.9. The highest BCUT2D eigenvalue weighted by Crippen LogP contribution is 2.25. The number of sulfone groups is 1. The van der Waals surface area contributed by atoms with Gasteiger partial charge >= 0.3 is 12.4 Å². The third-order valence-corrected chi connectivity index (χ3v) is 3.75. The molecule has 0 spiro atoms. The van der Waals surface area contributed by atoms with Gasteiger partial charge < -0.3 is 24.6 Å². The van der Waals surface area contributed by atoms with Gasteiger partial charge in [-0.3, -0.25) is 0 Å². The maximum Gasteiger partial charge on any atom is 0.408 e. The quantitative estimate of drug-likeness (QED) is 0.479. The molecule has 1 rings (SSSR count). The van der Waals surface area contributed by atoms with Gasteiger partial charge in [0.05, 0.1) is 18.5 Å². The third kappa shape index (κ3) is 6.91. The van der Waals surface area contributed by atoms with Gasteiger partial charge in [0, 0.05) is 6.26 Å². The Balaban J connectivity index is 2.73. The van der Waals surface area contributed by atoms with Crippen molar-refractivity contribution < 1.29 is 32.5 Å². The van der Waals surface area contributed by atoms with Crippen LogP contribution >= 0.6 is 0 Å². The summed E-state index contributed by atoms with van der Waals surface area (Å²) in [4.78, 5) is 11.9. The lowest BCUT2D eigenvalue weighted by Gasteiger charge is -2.23. The van der Waals surface area contributed by atoms with E-state index in [9.17, 15) is 18.3 Å². The van der Waals surface area contributed by atoms with Gasteiger partial charge in [-0.25, -0.2) is 13.2 Å². The predicted octanol–water partition coefficient (Wildman–Crippen LogP) is -0.442. The molecule has 0 aromatic rings. The van der Waals surface area contributed by atoms with E-state index >= 15 is 0 Å². The largest absolute Gasteiger partial charge is 0.444 e. The van der Waals surface area contributed by atoms with Crippen molar-refractivity contribution in [2.24, 2.45) is 0 Å². The minimum absolute atomic E-state index is 0.437. The van der Waals surface area contributed by atoms with Crippen molar-refractivity contribution >= 4 is 15.9 Å². The number of hydrogen-bond donors (Lipinski definition) is 2. The van der Waals surface area contributed by atoms with Crippen LogP contribution in [0.2, 0.25) is 0 Å². The van der Waals surface area contributed by atoms with Crippen LogP contribution < -0.4 is 5.32 Å². The minimum atomic E-state index is -3.40. The minimum Gasteiger partial charge on any atom is -0.444 e. The second-order valence-corrected chi connectivity index (χ2v) is 8.50. The Bertz CT molecular complexity index is 485. The molecule has 1 aliphatic heterocycles. The van der Waals surface area contributed by atoms with Crippen molar-refractivity contribution in [2.75, 3.05) is 18.6 Å². The number of epoxide rings is 1. The second-order valence-electron chi connectivity index (χ2n) is 6.32. The number of rotatable bonds is 7. The molecule has 0 saturated carbocycles. The molecule has 1 amide bonds. The summed E-state index contributed by atoms with van der Waals surface area (Å²) in [5, 5.41) is 12.6. The van der Waals surface area contributed by atoms with Crippen LogP contribution in [0.15, 0.2) is 0 Å². The topological polar surface area (TPSA) is 115 Å². The summed E-state index contributed by atoms with van der Waals surface area (Å²) in [5.74, 6) is -0.474. The van der Waals surface area contributed by atoms with Gasteiger partial charge in [-0.1, -0.05) is 0 Å². The van der Waals surface area contributed by atoms with Gasteiger partial charge in [0.15, 0.2) is 0 Å². The van der Waals surface area contributed by atoms with E-state index in [1.54, 1.807) is 27.7 Å². The Morgan fingerprint density at radius 2 is 2.00 bits per heavy atom. The van der Waals surface area contributed by atoms with Crippen LogP contribution in [0.5, 0.6) is 0 Å². The fraction of sp³-hybridized carbons (Fsp3) is 0.923. The summed E-state index contributed by atoms with van der Waals surface area (Å²) in [7, 11) is -3.40. The molecule has 1 saturated heterocycles. The molecule has 4 unspecified atom stereocenters. The molecule has 9 heteroatoms. The van der Waals surface area contributed by atoms with Crippen LogP contribution in [0.4, 0.5) is 4.79 Å². The number of hydrogen-bond acceptors (Lipinski definition) is 6. The van der Waals surface area contributed by atoms with Gasteiger partial charge in [-0.15, -0.1) is 0 Å². The van der Waals surface area contributed by atoms with Crippen LogP contribution in [0.25, 0.3) is 0 Å². The molecule has 0 aromatic carbocycles. The van der Waals surface area contributed by atoms with Gasteiger partial charge in [0.1, 0.15) is 21.5 Å². The number of aliphatic hydroxyl groups excluding tert-OH is 1. The molecule has 3 N–H and O–H groups in total. The van der Waals surface area contributed by atoms with Gasteiger partial charge in [-0.05, 0) is 27.7 Å². The monoisotopic (exact) mass is 340 g/mol. The van der Waals surface area contributed by atoms with Gasteiger partial charge in [-0.2, -0.15) is 0 Å². The molecular formula is C13H26NO7S+. The standard InChI is InChI=1S/C13H25NO7S/c1-6-19-11-10(20-11)9(8(15)7-22(5,17)18)14-12(16)21-13(2,3)4/h8-11,15H,6-7H2,1-5H3,(H,14,16)/p+1. The number of carbonyl (C=O) groups is 1. The normalized spacial score (nSPS) is 24.5. The van der Waals surface area contributed by atoms with Crippen LogP contribution in [-0.2, 0) is 19.3 Å². The molecule has 0 bridgehead atoms. The van der Waals surface area contributed by atoms with Crippen LogP contribution in [0, 0.1) is 0 Å². The zero-order chi connectivity index (χ0) is 17.1. The molecule has 0 radical (unpaired) electrons. The smallest absolute Gasteiger partial charge is 0.408 e. The first-order chi connectivity index (χ1) is 9.93. The first-order valence-corrected chi connectivity index (χ1v) is 9.16. The third-order valence-electron chi connectivity index (χ3n) is 2.80. The summed E-state index contributed by atoms with van der Waals surface area (Å²) < 4.78 is 37.2. The lowest BCUT2D eigenvalue weighted by molar-refractivity contribution is -0.00947. The number of ether oxygens (including phenoxy) is 3. The van der Waals surface area contributed by atoms with Crippen LogP contribution in [0.1, 0.15) is 27.7 Å². The highest BCUT2D eigenvalue weighted by atomic mass is 32.2. The summed E-state index contributed by atoms with van der Waals surface area (Å²) in [6.45, 7) is 7.36. The average molecular weight is 340 g/mol. The van der Waals surface area contributed by atoms with E-state index in [1.807, 2.05) is 0 Å². The molecule has 1 aliphatic rings. The Labute approximate surface area is 131 Å². The summed E-state index contributed by atoms with van der Waals surface area (Å²) in [5.41, 5.74) is -0.698. The number of amides is 1. The second kappa shape index (κ2) is 7.12. The highest BCUT2D eigenvalue weighted by Gasteiger charge is 2.58. The van der Waals surface area contributed by atoms with E-state index in [2.05, 4.69) is 10.1 Å².